The number of benzene rings is 1. The van der Waals surface area contributed by atoms with Gasteiger partial charge in [0.05, 0.1) is 17.6 Å². The third kappa shape index (κ3) is 3.54. The van der Waals surface area contributed by atoms with E-state index in [1.807, 2.05) is 37.3 Å². The molecule has 0 radical (unpaired) electrons. The molecule has 0 amide bonds. The van der Waals surface area contributed by atoms with Gasteiger partial charge in [-0.1, -0.05) is 47.3 Å². The maximum atomic E-state index is 5.96. The first-order valence-corrected chi connectivity index (χ1v) is 8.04. The van der Waals surface area contributed by atoms with Gasteiger partial charge in [-0.15, -0.1) is 0 Å². The van der Waals surface area contributed by atoms with Crippen LogP contribution in [0.2, 0.25) is 0 Å². The van der Waals surface area contributed by atoms with E-state index in [4.69, 9.17) is 15.1 Å². The summed E-state index contributed by atoms with van der Waals surface area (Å²) in [7, 11) is 1.60. The molecule has 2 N–H and O–H groups in total. The van der Waals surface area contributed by atoms with Gasteiger partial charge in [0.2, 0.25) is 5.89 Å². The van der Waals surface area contributed by atoms with Gasteiger partial charge in [-0.05, 0) is 6.92 Å². The summed E-state index contributed by atoms with van der Waals surface area (Å²) < 4.78 is 11.9. The molecule has 3 aromatic rings. The Morgan fingerprint density at radius 1 is 1.30 bits per heavy atom. The second kappa shape index (κ2) is 6.84. The number of imidazole rings is 1. The average Bonchev–Trinajstić information content (AvgIpc) is 3.20. The number of aromatic nitrogens is 4. The molecule has 2 heterocycles. The Kier molecular flexibility index (Phi) is 4.63. The molecular formula is C15H17N5O2S. The average molecular weight is 331 g/mol. The fraction of sp³-hybridized carbons (Fsp3) is 0.267. The first kappa shape index (κ1) is 15.6. The summed E-state index contributed by atoms with van der Waals surface area (Å²) in [6.07, 6.45) is 1.60. The van der Waals surface area contributed by atoms with Crippen LogP contribution in [0.25, 0.3) is 11.3 Å². The number of nitrogens with two attached hydrogens (primary N) is 1. The van der Waals surface area contributed by atoms with Crippen molar-refractivity contribution in [3.05, 3.63) is 48.2 Å². The van der Waals surface area contributed by atoms with Crippen LogP contribution in [0.4, 0.5) is 0 Å². The van der Waals surface area contributed by atoms with Crippen LogP contribution in [0.5, 0.6) is 0 Å². The summed E-state index contributed by atoms with van der Waals surface area (Å²) in [6.45, 7) is 1.86. The van der Waals surface area contributed by atoms with Gasteiger partial charge < -0.3 is 15.1 Å². The molecule has 0 aliphatic rings. The second-order valence-electron chi connectivity index (χ2n) is 4.89. The minimum atomic E-state index is -0.196. The van der Waals surface area contributed by atoms with E-state index in [9.17, 15) is 0 Å². The predicted octanol–water partition coefficient (Wildman–Crippen LogP) is 2.65. The van der Waals surface area contributed by atoms with E-state index in [0.29, 0.717) is 22.6 Å². The fourth-order valence-corrected chi connectivity index (χ4v) is 2.69. The van der Waals surface area contributed by atoms with Gasteiger partial charge in [0.15, 0.2) is 11.0 Å². The van der Waals surface area contributed by atoms with E-state index < -0.39 is 0 Å². The van der Waals surface area contributed by atoms with E-state index in [0.717, 1.165) is 11.3 Å². The molecule has 0 aliphatic heterocycles. The summed E-state index contributed by atoms with van der Waals surface area (Å²) in [5.74, 6) is 7.50. The lowest BCUT2D eigenvalue weighted by Gasteiger charge is -2.01. The zero-order valence-corrected chi connectivity index (χ0v) is 13.7. The smallest absolute Gasteiger partial charge is 0.237 e. The number of thioether (sulfide) groups is 1. The minimum Gasteiger partial charge on any atom is -0.374 e. The van der Waals surface area contributed by atoms with Crippen LogP contribution in [0.3, 0.4) is 0 Å². The van der Waals surface area contributed by atoms with E-state index >= 15 is 0 Å². The number of methoxy groups -OCH3 is 1. The zero-order valence-electron chi connectivity index (χ0n) is 12.8. The summed E-state index contributed by atoms with van der Waals surface area (Å²) in [4.78, 5) is 8.83. The van der Waals surface area contributed by atoms with Crippen LogP contribution in [-0.4, -0.2) is 26.9 Å². The van der Waals surface area contributed by atoms with Crippen LogP contribution < -0.4 is 5.84 Å². The SMILES string of the molecule is CO[C@H](C)c1noc(CSc2nc(-c3ccccc3)cn2N)n1. The molecule has 7 nitrogen and oxygen atoms in total. The normalized spacial score (nSPS) is 12.4. The largest absolute Gasteiger partial charge is 0.374 e. The van der Waals surface area contributed by atoms with Crippen LogP contribution in [0.15, 0.2) is 46.2 Å². The molecule has 0 spiro atoms. The van der Waals surface area contributed by atoms with Crippen molar-refractivity contribution in [2.45, 2.75) is 23.9 Å². The summed E-state index contributed by atoms with van der Waals surface area (Å²) in [5, 5.41) is 4.58. The third-order valence-corrected chi connectivity index (χ3v) is 4.25. The molecule has 0 fully saturated rings. The fourth-order valence-electron chi connectivity index (χ4n) is 1.95. The molecule has 23 heavy (non-hydrogen) atoms. The summed E-state index contributed by atoms with van der Waals surface area (Å²) in [5.41, 5.74) is 1.85. The number of hydrogen-bond donors (Lipinski definition) is 1. The highest BCUT2D eigenvalue weighted by molar-refractivity contribution is 7.98. The lowest BCUT2D eigenvalue weighted by atomic mass is 10.2. The highest BCUT2D eigenvalue weighted by Crippen LogP contribution is 2.25. The molecule has 1 atom stereocenters. The maximum Gasteiger partial charge on any atom is 0.237 e. The molecule has 0 aliphatic carbocycles. The topological polar surface area (TPSA) is 92.0 Å². The summed E-state index contributed by atoms with van der Waals surface area (Å²) >= 11 is 1.44. The Balaban J connectivity index is 1.69. The molecule has 0 saturated carbocycles. The van der Waals surface area contributed by atoms with Crippen molar-refractivity contribution in [3.63, 3.8) is 0 Å². The predicted molar refractivity (Wildman–Crippen MR) is 87.1 cm³/mol. The lowest BCUT2D eigenvalue weighted by molar-refractivity contribution is 0.109. The Labute approximate surface area is 137 Å². The molecular weight excluding hydrogens is 314 g/mol. The van der Waals surface area contributed by atoms with Crippen molar-refractivity contribution in [2.24, 2.45) is 0 Å². The van der Waals surface area contributed by atoms with E-state index in [1.165, 1.54) is 16.4 Å². The molecule has 8 heteroatoms. The van der Waals surface area contributed by atoms with Gasteiger partial charge in [0.1, 0.15) is 6.10 Å². The number of hydrogen-bond acceptors (Lipinski definition) is 7. The minimum absolute atomic E-state index is 0.196. The van der Waals surface area contributed by atoms with Crippen molar-refractivity contribution in [3.8, 4) is 11.3 Å². The Hall–Kier alpha value is -2.32. The third-order valence-electron chi connectivity index (χ3n) is 3.29. The van der Waals surface area contributed by atoms with Gasteiger partial charge in [-0.2, -0.15) is 4.98 Å². The van der Waals surface area contributed by atoms with Gasteiger partial charge in [0, 0.05) is 12.7 Å². The van der Waals surface area contributed by atoms with Crippen molar-refractivity contribution < 1.29 is 9.26 Å². The molecule has 2 aromatic heterocycles. The first-order valence-electron chi connectivity index (χ1n) is 7.05. The number of ether oxygens (including phenoxy) is 1. The Bertz CT molecular complexity index is 771. The molecule has 1 aromatic carbocycles. The maximum absolute atomic E-state index is 5.96. The lowest BCUT2D eigenvalue weighted by Crippen LogP contribution is -2.07. The van der Waals surface area contributed by atoms with E-state index in [1.54, 1.807) is 13.3 Å². The van der Waals surface area contributed by atoms with Crippen LogP contribution in [-0.2, 0) is 10.5 Å². The van der Waals surface area contributed by atoms with Gasteiger partial charge in [0.25, 0.3) is 0 Å². The molecule has 0 saturated heterocycles. The zero-order chi connectivity index (χ0) is 16.2. The summed E-state index contributed by atoms with van der Waals surface area (Å²) in [6, 6.07) is 9.89. The van der Waals surface area contributed by atoms with Gasteiger partial charge >= 0.3 is 0 Å². The quantitative estimate of drug-likeness (QED) is 0.548. The highest BCUT2D eigenvalue weighted by Gasteiger charge is 2.15. The standard InChI is InChI=1S/C15H17N5O2S/c1-10(21-2)14-18-13(22-19-14)9-23-15-17-12(8-20(15)16)11-6-4-3-5-7-11/h3-8,10H,9,16H2,1-2H3/t10-/m1/s1. The molecule has 0 unspecified atom stereocenters. The molecule has 0 bridgehead atoms. The van der Waals surface area contributed by atoms with Crippen LogP contribution in [0.1, 0.15) is 24.7 Å². The van der Waals surface area contributed by atoms with E-state index in [-0.39, 0.29) is 6.10 Å². The van der Waals surface area contributed by atoms with Gasteiger partial charge in [-0.3, -0.25) is 0 Å². The van der Waals surface area contributed by atoms with Crippen LogP contribution in [0, 0.1) is 0 Å². The number of nitrogen functional groups attached to an aromatic ring is 1. The number of rotatable bonds is 6. The highest BCUT2D eigenvalue weighted by atomic mass is 32.2. The number of nitrogens with zero attached hydrogens (tertiary/aromatic N) is 4. The van der Waals surface area contributed by atoms with Crippen molar-refractivity contribution in [1.29, 1.82) is 0 Å². The molecule has 3 rings (SSSR count). The second-order valence-corrected chi connectivity index (χ2v) is 5.84. The molecule has 120 valence electrons. The van der Waals surface area contributed by atoms with Crippen molar-refractivity contribution >= 4 is 11.8 Å². The van der Waals surface area contributed by atoms with Crippen molar-refractivity contribution in [2.75, 3.05) is 13.0 Å². The monoisotopic (exact) mass is 331 g/mol. The van der Waals surface area contributed by atoms with Crippen LogP contribution >= 0.6 is 11.8 Å². The Morgan fingerprint density at radius 3 is 2.83 bits per heavy atom. The Morgan fingerprint density at radius 2 is 2.09 bits per heavy atom. The van der Waals surface area contributed by atoms with Gasteiger partial charge in [-0.25, -0.2) is 9.66 Å². The first-order chi connectivity index (χ1) is 11.2. The van der Waals surface area contributed by atoms with Crippen molar-refractivity contribution in [1.82, 2.24) is 19.8 Å². The van der Waals surface area contributed by atoms with E-state index in [2.05, 4.69) is 15.1 Å².